The Bertz CT molecular complexity index is 380. The zero-order valence-corrected chi connectivity index (χ0v) is 10.4. The predicted molar refractivity (Wildman–Crippen MR) is 63.6 cm³/mol. The van der Waals surface area contributed by atoms with Crippen molar-refractivity contribution in [3.8, 4) is 0 Å². The lowest BCUT2D eigenvalue weighted by Crippen LogP contribution is -2.27. The summed E-state index contributed by atoms with van der Waals surface area (Å²) in [6.45, 7) is 2.87. The van der Waals surface area contributed by atoms with Crippen molar-refractivity contribution < 1.29 is 14.6 Å². The topological polar surface area (TPSA) is 62.7 Å². The molecule has 0 saturated heterocycles. The SMILES string of the molecule is COC(=O)c1cccc(CN(C)CC(C)O)n1. The van der Waals surface area contributed by atoms with E-state index in [1.54, 1.807) is 19.1 Å². The van der Waals surface area contributed by atoms with Crippen LogP contribution in [0.1, 0.15) is 23.1 Å². The molecule has 94 valence electrons. The number of aromatic nitrogens is 1. The highest BCUT2D eigenvalue weighted by Crippen LogP contribution is 2.04. The molecule has 0 bridgehead atoms. The number of likely N-dealkylation sites (N-methyl/N-ethyl adjacent to an activating group) is 1. The van der Waals surface area contributed by atoms with E-state index in [0.29, 0.717) is 18.8 Å². The van der Waals surface area contributed by atoms with Crippen LogP contribution in [-0.4, -0.2) is 47.8 Å². The molecule has 1 aromatic rings. The Balaban J connectivity index is 2.68. The number of pyridine rings is 1. The lowest BCUT2D eigenvalue weighted by molar-refractivity contribution is 0.0593. The molecule has 1 N–H and O–H groups in total. The van der Waals surface area contributed by atoms with Gasteiger partial charge in [-0.3, -0.25) is 4.90 Å². The van der Waals surface area contributed by atoms with Crippen LogP contribution in [0.3, 0.4) is 0 Å². The summed E-state index contributed by atoms with van der Waals surface area (Å²) >= 11 is 0. The van der Waals surface area contributed by atoms with Crippen molar-refractivity contribution in [3.05, 3.63) is 29.6 Å². The summed E-state index contributed by atoms with van der Waals surface area (Å²) in [5.74, 6) is -0.440. The van der Waals surface area contributed by atoms with Gasteiger partial charge in [-0.25, -0.2) is 9.78 Å². The second-order valence-corrected chi connectivity index (χ2v) is 4.05. The Kier molecular flexibility index (Phi) is 5.06. The zero-order chi connectivity index (χ0) is 12.8. The average molecular weight is 238 g/mol. The monoisotopic (exact) mass is 238 g/mol. The number of carbonyl (C=O) groups excluding carboxylic acids is 1. The minimum Gasteiger partial charge on any atom is -0.464 e. The number of hydrogen-bond donors (Lipinski definition) is 1. The van der Waals surface area contributed by atoms with E-state index in [4.69, 9.17) is 0 Å². The molecule has 1 rings (SSSR count). The van der Waals surface area contributed by atoms with Crippen LogP contribution in [0, 0.1) is 0 Å². The van der Waals surface area contributed by atoms with Crippen molar-refractivity contribution in [2.75, 3.05) is 20.7 Å². The van der Waals surface area contributed by atoms with Crippen molar-refractivity contribution >= 4 is 5.97 Å². The van der Waals surface area contributed by atoms with Crippen LogP contribution in [0.25, 0.3) is 0 Å². The number of esters is 1. The molecule has 1 heterocycles. The number of nitrogens with zero attached hydrogens (tertiary/aromatic N) is 2. The average Bonchev–Trinajstić information content (AvgIpc) is 2.27. The maximum atomic E-state index is 11.3. The highest BCUT2D eigenvalue weighted by atomic mass is 16.5. The first-order valence-electron chi connectivity index (χ1n) is 5.43. The molecule has 0 fully saturated rings. The van der Waals surface area contributed by atoms with Gasteiger partial charge in [-0.1, -0.05) is 6.07 Å². The van der Waals surface area contributed by atoms with Gasteiger partial charge in [0.1, 0.15) is 5.69 Å². The number of aliphatic hydroxyl groups is 1. The standard InChI is InChI=1S/C12H18N2O3/c1-9(15)7-14(2)8-10-5-4-6-11(13-10)12(16)17-3/h4-6,9,15H,7-8H2,1-3H3. The van der Waals surface area contributed by atoms with E-state index in [0.717, 1.165) is 5.69 Å². The van der Waals surface area contributed by atoms with E-state index in [1.165, 1.54) is 7.11 Å². The molecule has 0 aromatic carbocycles. The second kappa shape index (κ2) is 6.32. The molecule has 0 aliphatic carbocycles. The van der Waals surface area contributed by atoms with Crippen LogP contribution < -0.4 is 0 Å². The third-order valence-electron chi connectivity index (χ3n) is 2.21. The van der Waals surface area contributed by atoms with Crippen molar-refractivity contribution in [3.63, 3.8) is 0 Å². The second-order valence-electron chi connectivity index (χ2n) is 4.05. The van der Waals surface area contributed by atoms with Crippen LogP contribution in [0.4, 0.5) is 0 Å². The molecule has 0 amide bonds. The Morgan fingerprint density at radius 3 is 2.88 bits per heavy atom. The number of rotatable bonds is 5. The molecule has 5 nitrogen and oxygen atoms in total. The fourth-order valence-corrected chi connectivity index (χ4v) is 1.58. The van der Waals surface area contributed by atoms with E-state index in [9.17, 15) is 9.90 Å². The van der Waals surface area contributed by atoms with Gasteiger partial charge in [-0.05, 0) is 26.1 Å². The van der Waals surface area contributed by atoms with Crippen molar-refractivity contribution in [2.24, 2.45) is 0 Å². The van der Waals surface area contributed by atoms with Gasteiger partial charge >= 0.3 is 5.97 Å². The molecule has 1 atom stereocenters. The first-order chi connectivity index (χ1) is 8.02. The molecule has 0 saturated carbocycles. The fraction of sp³-hybridized carbons (Fsp3) is 0.500. The molecule has 1 aromatic heterocycles. The minimum absolute atomic E-state index is 0.301. The highest BCUT2D eigenvalue weighted by Gasteiger charge is 2.09. The summed E-state index contributed by atoms with van der Waals surface area (Å²) in [7, 11) is 3.22. The molecule has 1 unspecified atom stereocenters. The predicted octanol–water partition coefficient (Wildman–Crippen LogP) is 0.681. The summed E-state index contributed by atoms with van der Waals surface area (Å²) in [5.41, 5.74) is 1.08. The van der Waals surface area contributed by atoms with Crippen LogP contribution in [0.15, 0.2) is 18.2 Å². The van der Waals surface area contributed by atoms with Crippen molar-refractivity contribution in [1.82, 2.24) is 9.88 Å². The van der Waals surface area contributed by atoms with Gasteiger partial charge in [-0.2, -0.15) is 0 Å². The number of hydrogen-bond acceptors (Lipinski definition) is 5. The van der Waals surface area contributed by atoms with Crippen LogP contribution in [-0.2, 0) is 11.3 Å². The number of ether oxygens (including phenoxy) is 1. The quantitative estimate of drug-likeness (QED) is 0.764. The summed E-state index contributed by atoms with van der Waals surface area (Å²) in [4.78, 5) is 17.4. The third-order valence-corrected chi connectivity index (χ3v) is 2.21. The first kappa shape index (κ1) is 13.6. The van der Waals surface area contributed by atoms with Gasteiger partial charge in [0.25, 0.3) is 0 Å². The summed E-state index contributed by atoms with van der Waals surface area (Å²) < 4.78 is 4.61. The van der Waals surface area contributed by atoms with Crippen molar-refractivity contribution in [1.29, 1.82) is 0 Å². The van der Waals surface area contributed by atoms with E-state index in [2.05, 4.69) is 9.72 Å². The smallest absolute Gasteiger partial charge is 0.356 e. The molecule has 0 radical (unpaired) electrons. The maximum absolute atomic E-state index is 11.3. The number of carbonyl (C=O) groups is 1. The Hall–Kier alpha value is -1.46. The van der Waals surface area contributed by atoms with Gasteiger partial charge in [-0.15, -0.1) is 0 Å². The zero-order valence-electron chi connectivity index (χ0n) is 10.4. The summed E-state index contributed by atoms with van der Waals surface area (Å²) in [6.07, 6.45) is -0.385. The Labute approximate surface area is 101 Å². The van der Waals surface area contributed by atoms with E-state index in [-0.39, 0.29) is 6.10 Å². The normalized spacial score (nSPS) is 12.5. The Morgan fingerprint density at radius 2 is 2.29 bits per heavy atom. The van der Waals surface area contributed by atoms with Crippen molar-refractivity contribution in [2.45, 2.75) is 19.6 Å². The maximum Gasteiger partial charge on any atom is 0.356 e. The molecule has 0 spiro atoms. The van der Waals surface area contributed by atoms with Gasteiger partial charge in [0, 0.05) is 13.1 Å². The summed E-state index contributed by atoms with van der Waals surface area (Å²) in [5, 5.41) is 9.25. The fourth-order valence-electron chi connectivity index (χ4n) is 1.58. The van der Waals surface area contributed by atoms with Gasteiger partial charge in [0.05, 0.1) is 18.9 Å². The highest BCUT2D eigenvalue weighted by molar-refractivity contribution is 5.87. The molecular weight excluding hydrogens is 220 g/mol. The van der Waals surface area contributed by atoms with Crippen LogP contribution >= 0.6 is 0 Å². The molecule has 5 heteroatoms. The number of methoxy groups -OCH3 is 1. The van der Waals surface area contributed by atoms with Crippen LogP contribution in [0.5, 0.6) is 0 Å². The molecule has 0 aliphatic heterocycles. The van der Waals surface area contributed by atoms with Gasteiger partial charge in [0.15, 0.2) is 0 Å². The molecular formula is C12H18N2O3. The first-order valence-corrected chi connectivity index (χ1v) is 5.43. The van der Waals surface area contributed by atoms with Crippen LogP contribution in [0.2, 0.25) is 0 Å². The molecule has 17 heavy (non-hydrogen) atoms. The lowest BCUT2D eigenvalue weighted by atomic mass is 10.2. The van der Waals surface area contributed by atoms with Gasteiger partial charge in [0.2, 0.25) is 0 Å². The number of aliphatic hydroxyl groups excluding tert-OH is 1. The minimum atomic E-state index is -0.440. The van der Waals surface area contributed by atoms with Gasteiger partial charge < -0.3 is 9.84 Å². The Morgan fingerprint density at radius 1 is 1.59 bits per heavy atom. The van der Waals surface area contributed by atoms with E-state index in [1.807, 2.05) is 18.0 Å². The van der Waals surface area contributed by atoms with E-state index >= 15 is 0 Å². The lowest BCUT2D eigenvalue weighted by Gasteiger charge is -2.17. The largest absolute Gasteiger partial charge is 0.464 e. The van der Waals surface area contributed by atoms with E-state index < -0.39 is 5.97 Å². The third kappa shape index (κ3) is 4.50. The summed E-state index contributed by atoms with van der Waals surface area (Å²) in [6, 6.07) is 5.22. The molecule has 0 aliphatic rings.